The number of benzene rings is 1. The number of aliphatic carboxylic acids is 1. The molecule has 0 aliphatic rings. The summed E-state index contributed by atoms with van der Waals surface area (Å²) in [5.41, 5.74) is 2.06. The van der Waals surface area contributed by atoms with E-state index in [1.807, 2.05) is 36.4 Å². The lowest BCUT2D eigenvalue weighted by atomic mass is 10.1. The van der Waals surface area contributed by atoms with Gasteiger partial charge in [0.1, 0.15) is 12.4 Å². The minimum absolute atomic E-state index is 0.150. The fourth-order valence-corrected chi connectivity index (χ4v) is 1.65. The van der Waals surface area contributed by atoms with Crippen molar-refractivity contribution < 1.29 is 14.6 Å². The molecule has 4 nitrogen and oxygen atoms in total. The number of nitrogens with zero attached hydrogens (tertiary/aromatic N) is 1. The van der Waals surface area contributed by atoms with Gasteiger partial charge in [-0.25, -0.2) is 0 Å². The van der Waals surface area contributed by atoms with Gasteiger partial charge in [-0.1, -0.05) is 12.1 Å². The summed E-state index contributed by atoms with van der Waals surface area (Å²) in [6, 6.07) is 11.3. The largest absolute Gasteiger partial charge is 0.489 e. The molecule has 0 radical (unpaired) electrons. The van der Waals surface area contributed by atoms with Crippen molar-refractivity contribution in [3.63, 3.8) is 0 Å². The topological polar surface area (TPSA) is 59.4 Å². The third kappa shape index (κ3) is 4.43. The molecule has 0 atom stereocenters. The number of carbonyl (C=O) groups is 1. The first kappa shape index (κ1) is 13.1. The van der Waals surface area contributed by atoms with Gasteiger partial charge in [-0.2, -0.15) is 0 Å². The van der Waals surface area contributed by atoms with E-state index in [9.17, 15) is 4.79 Å². The summed E-state index contributed by atoms with van der Waals surface area (Å²) in [6.07, 6.45) is 4.15. The second kappa shape index (κ2) is 6.54. The molecule has 19 heavy (non-hydrogen) atoms. The van der Waals surface area contributed by atoms with Gasteiger partial charge in [-0.05, 0) is 41.8 Å². The summed E-state index contributed by atoms with van der Waals surface area (Å²) in [5.74, 6) is -0.00565. The van der Waals surface area contributed by atoms with E-state index in [4.69, 9.17) is 9.84 Å². The molecule has 0 bridgehead atoms. The SMILES string of the molecule is O=C(O)CCc1ccc(OCc2ccncc2)cc1. The van der Waals surface area contributed by atoms with Crippen LogP contribution in [0.4, 0.5) is 0 Å². The third-order valence-corrected chi connectivity index (χ3v) is 2.71. The quantitative estimate of drug-likeness (QED) is 0.864. The van der Waals surface area contributed by atoms with Gasteiger partial charge in [0.05, 0.1) is 0 Å². The van der Waals surface area contributed by atoms with Crippen LogP contribution in [0.3, 0.4) is 0 Å². The maximum Gasteiger partial charge on any atom is 0.303 e. The van der Waals surface area contributed by atoms with Crippen LogP contribution in [0.1, 0.15) is 17.5 Å². The van der Waals surface area contributed by atoms with E-state index in [0.29, 0.717) is 13.0 Å². The highest BCUT2D eigenvalue weighted by Gasteiger charge is 2.00. The number of hydrogen-bond donors (Lipinski definition) is 1. The van der Waals surface area contributed by atoms with Crippen LogP contribution in [-0.2, 0) is 17.8 Å². The molecule has 1 N–H and O–H groups in total. The van der Waals surface area contributed by atoms with Crippen molar-refractivity contribution in [1.29, 1.82) is 0 Å². The predicted molar refractivity (Wildman–Crippen MR) is 71.0 cm³/mol. The van der Waals surface area contributed by atoms with Crippen molar-refractivity contribution in [3.8, 4) is 5.75 Å². The molecule has 0 spiro atoms. The Hall–Kier alpha value is -2.36. The Labute approximate surface area is 111 Å². The van der Waals surface area contributed by atoms with Gasteiger partial charge in [-0.3, -0.25) is 9.78 Å². The molecule has 0 unspecified atom stereocenters. The van der Waals surface area contributed by atoms with E-state index in [0.717, 1.165) is 16.9 Å². The number of carboxylic acid groups (broad SMARTS) is 1. The first-order valence-corrected chi connectivity index (χ1v) is 6.06. The summed E-state index contributed by atoms with van der Waals surface area (Å²) in [7, 11) is 0. The van der Waals surface area contributed by atoms with Crippen LogP contribution in [0.5, 0.6) is 5.75 Å². The summed E-state index contributed by atoms with van der Waals surface area (Å²) < 4.78 is 5.63. The summed E-state index contributed by atoms with van der Waals surface area (Å²) in [6.45, 7) is 0.497. The highest BCUT2D eigenvalue weighted by molar-refractivity contribution is 5.67. The lowest BCUT2D eigenvalue weighted by Crippen LogP contribution is -1.98. The van der Waals surface area contributed by atoms with Gasteiger partial charge < -0.3 is 9.84 Å². The van der Waals surface area contributed by atoms with Crippen LogP contribution in [0, 0.1) is 0 Å². The lowest BCUT2D eigenvalue weighted by molar-refractivity contribution is -0.136. The zero-order chi connectivity index (χ0) is 13.5. The second-order valence-electron chi connectivity index (χ2n) is 4.18. The minimum atomic E-state index is -0.780. The number of carboxylic acids is 1. The van der Waals surface area contributed by atoms with Crippen molar-refractivity contribution in [2.45, 2.75) is 19.4 Å². The van der Waals surface area contributed by atoms with Gasteiger partial charge in [-0.15, -0.1) is 0 Å². The molecule has 0 saturated heterocycles. The zero-order valence-corrected chi connectivity index (χ0v) is 10.5. The molecule has 1 aromatic heterocycles. The Morgan fingerprint density at radius 3 is 2.37 bits per heavy atom. The monoisotopic (exact) mass is 257 g/mol. The molecular weight excluding hydrogens is 242 g/mol. The molecule has 0 aliphatic heterocycles. The van der Waals surface area contributed by atoms with E-state index in [-0.39, 0.29) is 6.42 Å². The van der Waals surface area contributed by atoms with E-state index in [1.54, 1.807) is 12.4 Å². The molecular formula is C15H15NO3. The standard InChI is InChI=1S/C15H15NO3/c17-15(18)6-3-12-1-4-14(5-2-12)19-11-13-7-9-16-10-8-13/h1-2,4-5,7-10H,3,6,11H2,(H,17,18). The van der Waals surface area contributed by atoms with Crippen molar-refractivity contribution >= 4 is 5.97 Å². The smallest absolute Gasteiger partial charge is 0.303 e. The first-order chi connectivity index (χ1) is 9.24. The summed E-state index contributed by atoms with van der Waals surface area (Å²) in [4.78, 5) is 14.4. The predicted octanol–water partition coefficient (Wildman–Crippen LogP) is 2.68. The number of pyridine rings is 1. The summed E-state index contributed by atoms with van der Waals surface area (Å²) in [5, 5.41) is 8.61. The maximum absolute atomic E-state index is 10.5. The van der Waals surface area contributed by atoms with Crippen molar-refractivity contribution in [2.24, 2.45) is 0 Å². The van der Waals surface area contributed by atoms with Gasteiger partial charge in [0, 0.05) is 18.8 Å². The average molecular weight is 257 g/mol. The number of rotatable bonds is 6. The Kier molecular flexibility index (Phi) is 4.50. The number of hydrogen-bond acceptors (Lipinski definition) is 3. The van der Waals surface area contributed by atoms with Gasteiger partial charge in [0.15, 0.2) is 0 Å². The van der Waals surface area contributed by atoms with Crippen molar-refractivity contribution in [3.05, 3.63) is 59.9 Å². The molecule has 2 rings (SSSR count). The highest BCUT2D eigenvalue weighted by atomic mass is 16.5. The molecule has 2 aromatic rings. The Balaban J connectivity index is 1.86. The lowest BCUT2D eigenvalue weighted by Gasteiger charge is -2.07. The summed E-state index contributed by atoms with van der Waals surface area (Å²) >= 11 is 0. The van der Waals surface area contributed by atoms with Crippen LogP contribution < -0.4 is 4.74 Å². The molecule has 0 fully saturated rings. The Bertz CT molecular complexity index is 523. The fraction of sp³-hybridized carbons (Fsp3) is 0.200. The van der Waals surface area contributed by atoms with Gasteiger partial charge in [0.25, 0.3) is 0 Å². The average Bonchev–Trinajstić information content (AvgIpc) is 2.45. The molecule has 4 heteroatoms. The fourth-order valence-electron chi connectivity index (χ4n) is 1.65. The van der Waals surface area contributed by atoms with Gasteiger partial charge in [0.2, 0.25) is 0 Å². The Morgan fingerprint density at radius 1 is 1.05 bits per heavy atom. The molecule has 0 saturated carbocycles. The number of ether oxygens (including phenoxy) is 1. The molecule has 0 aliphatic carbocycles. The highest BCUT2D eigenvalue weighted by Crippen LogP contribution is 2.15. The maximum atomic E-state index is 10.5. The first-order valence-electron chi connectivity index (χ1n) is 6.06. The van der Waals surface area contributed by atoms with E-state index >= 15 is 0 Å². The van der Waals surface area contributed by atoms with E-state index in [2.05, 4.69) is 4.98 Å². The Morgan fingerprint density at radius 2 is 1.74 bits per heavy atom. The molecule has 1 heterocycles. The number of aromatic nitrogens is 1. The molecule has 1 aromatic carbocycles. The zero-order valence-electron chi connectivity index (χ0n) is 10.5. The van der Waals surface area contributed by atoms with Crippen LogP contribution in [0.2, 0.25) is 0 Å². The normalized spacial score (nSPS) is 10.1. The number of aryl methyl sites for hydroxylation is 1. The van der Waals surface area contributed by atoms with Gasteiger partial charge >= 0.3 is 5.97 Å². The van der Waals surface area contributed by atoms with Crippen molar-refractivity contribution in [1.82, 2.24) is 4.98 Å². The van der Waals surface area contributed by atoms with Crippen LogP contribution in [0.15, 0.2) is 48.8 Å². The van der Waals surface area contributed by atoms with E-state index in [1.165, 1.54) is 0 Å². The van der Waals surface area contributed by atoms with Crippen LogP contribution >= 0.6 is 0 Å². The third-order valence-electron chi connectivity index (χ3n) is 2.71. The van der Waals surface area contributed by atoms with Crippen molar-refractivity contribution in [2.75, 3.05) is 0 Å². The second-order valence-corrected chi connectivity index (χ2v) is 4.18. The van der Waals surface area contributed by atoms with Crippen LogP contribution in [-0.4, -0.2) is 16.1 Å². The molecule has 98 valence electrons. The minimum Gasteiger partial charge on any atom is -0.489 e. The molecule has 0 amide bonds. The van der Waals surface area contributed by atoms with E-state index < -0.39 is 5.97 Å². The van der Waals surface area contributed by atoms with Crippen LogP contribution in [0.25, 0.3) is 0 Å².